The van der Waals surface area contributed by atoms with Crippen LogP contribution in [0.3, 0.4) is 0 Å². The molecule has 5 aromatic rings. The number of fused-ring (bicyclic) bond motifs is 1. The van der Waals surface area contributed by atoms with Gasteiger partial charge in [-0.15, -0.1) is 0 Å². The highest BCUT2D eigenvalue weighted by atomic mass is 35.5. The van der Waals surface area contributed by atoms with Crippen LogP contribution in [0.1, 0.15) is 33.9 Å². The number of hydrogen-bond acceptors (Lipinski definition) is 4. The summed E-state index contributed by atoms with van der Waals surface area (Å²) in [6.45, 7) is 0. The van der Waals surface area contributed by atoms with Gasteiger partial charge in [0.15, 0.2) is 0 Å². The maximum absolute atomic E-state index is 14.3. The highest BCUT2D eigenvalue weighted by Gasteiger charge is 2.34. The molecule has 1 aliphatic heterocycles. The van der Waals surface area contributed by atoms with Crippen molar-refractivity contribution in [1.82, 2.24) is 9.99 Å². The molecule has 6 rings (SSSR count). The van der Waals surface area contributed by atoms with Crippen LogP contribution in [-0.4, -0.2) is 21.6 Å². The second-order valence-electron chi connectivity index (χ2n) is 9.03. The normalized spacial score (nSPS) is 15.1. The number of nitrogen functional groups attached to an aromatic ring is 1. The quantitative estimate of drug-likeness (QED) is 0.266. The molecule has 5 nitrogen and oxygen atoms in total. The van der Waals surface area contributed by atoms with E-state index in [-0.39, 0.29) is 11.9 Å². The molecule has 0 spiro atoms. The van der Waals surface area contributed by atoms with E-state index >= 15 is 0 Å². The van der Waals surface area contributed by atoms with Gasteiger partial charge in [-0.25, -0.2) is 9.99 Å². The molecule has 1 atom stereocenters. The Balaban J connectivity index is 1.48. The van der Waals surface area contributed by atoms with Crippen LogP contribution in [0, 0.1) is 0 Å². The topological polar surface area (TPSA) is 71.6 Å². The number of rotatable bonds is 4. The summed E-state index contributed by atoms with van der Waals surface area (Å²) >= 11 is 6.11. The largest absolute Gasteiger partial charge is 0.399 e. The van der Waals surface area contributed by atoms with Crippen molar-refractivity contribution in [3.63, 3.8) is 0 Å². The number of hydrogen-bond donors (Lipinski definition) is 1. The number of para-hydroxylation sites is 1. The smallest absolute Gasteiger partial charge is 0.275 e. The molecule has 1 amide bonds. The van der Waals surface area contributed by atoms with E-state index in [0.717, 1.165) is 33.3 Å². The lowest BCUT2D eigenvalue weighted by molar-refractivity contribution is 0.0713. The van der Waals surface area contributed by atoms with E-state index in [1.165, 1.54) is 0 Å². The number of carbonyl (C=O) groups is 1. The van der Waals surface area contributed by atoms with Crippen LogP contribution >= 0.6 is 11.6 Å². The van der Waals surface area contributed by atoms with E-state index in [1.807, 2.05) is 109 Å². The Labute approximate surface area is 219 Å². The molecule has 0 radical (unpaired) electrons. The van der Waals surface area contributed by atoms with Crippen LogP contribution in [0.5, 0.6) is 0 Å². The molecule has 0 saturated heterocycles. The van der Waals surface area contributed by atoms with Crippen molar-refractivity contribution in [2.75, 3.05) is 5.73 Å². The molecular weight excluding hydrogens is 480 g/mol. The highest BCUT2D eigenvalue weighted by molar-refractivity contribution is 6.30. The first kappa shape index (κ1) is 23.0. The fourth-order valence-corrected chi connectivity index (χ4v) is 4.85. The molecule has 37 heavy (non-hydrogen) atoms. The summed E-state index contributed by atoms with van der Waals surface area (Å²) in [6.07, 6.45) is 0.604. The number of amides is 1. The van der Waals surface area contributed by atoms with E-state index in [1.54, 1.807) is 5.01 Å². The third kappa shape index (κ3) is 4.46. The number of aromatic nitrogens is 1. The summed E-state index contributed by atoms with van der Waals surface area (Å²) in [7, 11) is 0. The highest BCUT2D eigenvalue weighted by Crippen LogP contribution is 2.36. The van der Waals surface area contributed by atoms with Gasteiger partial charge in [0.2, 0.25) is 0 Å². The molecule has 2 heterocycles. The van der Waals surface area contributed by atoms with Crippen LogP contribution in [0.2, 0.25) is 5.02 Å². The lowest BCUT2D eigenvalue weighted by Crippen LogP contribution is -2.27. The van der Waals surface area contributed by atoms with Crippen LogP contribution < -0.4 is 5.73 Å². The minimum absolute atomic E-state index is 0.173. The number of nitrogens with zero attached hydrogens (tertiary/aromatic N) is 3. The van der Waals surface area contributed by atoms with Gasteiger partial charge < -0.3 is 5.73 Å². The van der Waals surface area contributed by atoms with Crippen LogP contribution in [0.15, 0.2) is 114 Å². The first-order valence-electron chi connectivity index (χ1n) is 12.0. The fraction of sp³-hybridized carbons (Fsp3) is 0.0645. The zero-order chi connectivity index (χ0) is 25.4. The SMILES string of the molecule is Nc1ccc(C2=NN(C(=O)c3cc(-c4ccc(Cl)cc4)nc4ccccc34)C(c3ccccc3)C2)cc1. The average Bonchev–Trinajstić information content (AvgIpc) is 3.39. The summed E-state index contributed by atoms with van der Waals surface area (Å²) in [5.41, 5.74) is 12.3. The molecule has 1 aliphatic rings. The van der Waals surface area contributed by atoms with Gasteiger partial charge in [0, 0.05) is 28.1 Å². The number of halogens is 1. The number of hydrazone groups is 1. The number of benzene rings is 4. The Hall–Kier alpha value is -4.48. The fourth-order valence-electron chi connectivity index (χ4n) is 4.73. The van der Waals surface area contributed by atoms with E-state index in [9.17, 15) is 4.79 Å². The van der Waals surface area contributed by atoms with Gasteiger partial charge in [-0.2, -0.15) is 5.10 Å². The van der Waals surface area contributed by atoms with E-state index in [0.29, 0.717) is 28.4 Å². The molecule has 0 bridgehead atoms. The summed E-state index contributed by atoms with van der Waals surface area (Å²) in [4.78, 5) is 19.1. The van der Waals surface area contributed by atoms with Crippen molar-refractivity contribution < 1.29 is 4.79 Å². The Morgan fingerprint density at radius 1 is 0.838 bits per heavy atom. The molecule has 180 valence electrons. The van der Waals surface area contributed by atoms with E-state index in [4.69, 9.17) is 27.4 Å². The van der Waals surface area contributed by atoms with Gasteiger partial charge in [-0.1, -0.05) is 84.4 Å². The minimum Gasteiger partial charge on any atom is -0.399 e. The number of pyridine rings is 1. The predicted molar refractivity (Wildman–Crippen MR) is 150 cm³/mol. The van der Waals surface area contributed by atoms with Crippen LogP contribution in [0.4, 0.5) is 5.69 Å². The Kier molecular flexibility index (Phi) is 5.91. The lowest BCUT2D eigenvalue weighted by atomic mass is 9.97. The summed E-state index contributed by atoms with van der Waals surface area (Å²) < 4.78 is 0. The monoisotopic (exact) mass is 502 g/mol. The second-order valence-corrected chi connectivity index (χ2v) is 9.46. The molecule has 1 unspecified atom stereocenters. The molecule has 4 aromatic carbocycles. The van der Waals surface area contributed by atoms with Gasteiger partial charge in [-0.05, 0) is 47.5 Å². The number of anilines is 1. The third-order valence-electron chi connectivity index (χ3n) is 6.63. The van der Waals surface area contributed by atoms with E-state index in [2.05, 4.69) is 0 Å². The van der Waals surface area contributed by atoms with Crippen LogP contribution in [-0.2, 0) is 0 Å². The molecule has 2 N–H and O–H groups in total. The van der Waals surface area contributed by atoms with Gasteiger partial charge in [0.1, 0.15) is 0 Å². The van der Waals surface area contributed by atoms with Gasteiger partial charge in [-0.3, -0.25) is 4.79 Å². The van der Waals surface area contributed by atoms with Crippen molar-refractivity contribution in [2.24, 2.45) is 5.10 Å². The number of carbonyl (C=O) groups excluding carboxylic acids is 1. The van der Waals surface area contributed by atoms with Crippen molar-refractivity contribution in [3.05, 3.63) is 131 Å². The van der Waals surface area contributed by atoms with Gasteiger partial charge >= 0.3 is 0 Å². The average molecular weight is 503 g/mol. The second kappa shape index (κ2) is 9.52. The zero-order valence-corrected chi connectivity index (χ0v) is 20.6. The van der Waals surface area contributed by atoms with Crippen molar-refractivity contribution >= 4 is 39.8 Å². The van der Waals surface area contributed by atoms with Crippen LogP contribution in [0.25, 0.3) is 22.2 Å². The molecule has 0 aliphatic carbocycles. The Bertz CT molecular complexity index is 1630. The maximum Gasteiger partial charge on any atom is 0.275 e. The van der Waals surface area contributed by atoms with Crippen molar-refractivity contribution in [2.45, 2.75) is 12.5 Å². The van der Waals surface area contributed by atoms with Gasteiger partial charge in [0.25, 0.3) is 5.91 Å². The number of nitrogens with two attached hydrogens (primary N) is 1. The maximum atomic E-state index is 14.3. The van der Waals surface area contributed by atoms with E-state index < -0.39 is 0 Å². The lowest BCUT2D eigenvalue weighted by Gasteiger charge is -2.23. The molecule has 6 heteroatoms. The molecular formula is C31H23ClN4O. The third-order valence-corrected chi connectivity index (χ3v) is 6.89. The Morgan fingerprint density at radius 3 is 2.27 bits per heavy atom. The summed E-state index contributed by atoms with van der Waals surface area (Å²) in [5, 5.41) is 7.92. The first-order valence-corrected chi connectivity index (χ1v) is 12.4. The van der Waals surface area contributed by atoms with Crippen molar-refractivity contribution in [1.29, 1.82) is 0 Å². The predicted octanol–water partition coefficient (Wildman–Crippen LogP) is 7.13. The standard InChI is InChI=1S/C31H23ClN4O/c32-23-14-10-20(11-15-23)28-18-26(25-8-4-5-9-27(25)34-28)31(37)36-30(22-6-2-1-3-7-22)19-29(35-36)21-12-16-24(33)17-13-21/h1-18,30H,19,33H2. The first-order chi connectivity index (χ1) is 18.1. The molecule has 0 saturated carbocycles. The Morgan fingerprint density at radius 2 is 1.51 bits per heavy atom. The summed E-state index contributed by atoms with van der Waals surface area (Å²) in [5.74, 6) is -0.173. The van der Waals surface area contributed by atoms with Gasteiger partial charge in [0.05, 0.1) is 28.5 Å². The summed E-state index contributed by atoms with van der Waals surface area (Å²) in [6, 6.07) is 34.4. The molecule has 1 aromatic heterocycles. The zero-order valence-electron chi connectivity index (χ0n) is 19.9. The minimum atomic E-state index is -0.229. The van der Waals surface area contributed by atoms with Crippen molar-refractivity contribution in [3.8, 4) is 11.3 Å². The molecule has 0 fully saturated rings.